The van der Waals surface area contributed by atoms with Crippen LogP contribution in [-0.2, 0) is 11.2 Å². The molecule has 1 aromatic heterocycles. The van der Waals surface area contributed by atoms with E-state index in [1.807, 2.05) is 28.9 Å². The first-order valence-corrected chi connectivity index (χ1v) is 9.86. The van der Waals surface area contributed by atoms with E-state index in [9.17, 15) is 4.79 Å². The van der Waals surface area contributed by atoms with E-state index in [1.54, 1.807) is 7.11 Å². The van der Waals surface area contributed by atoms with Crippen LogP contribution in [0.3, 0.4) is 0 Å². The number of carbonyl (C=O) groups excluding carboxylic acids is 1. The number of hydrogen-bond donors (Lipinski definition) is 1. The van der Waals surface area contributed by atoms with E-state index in [4.69, 9.17) is 14.6 Å². The number of benzene rings is 1. The van der Waals surface area contributed by atoms with E-state index in [0.29, 0.717) is 30.0 Å². The van der Waals surface area contributed by atoms with Crippen LogP contribution in [-0.4, -0.2) is 42.6 Å². The Morgan fingerprint density at radius 3 is 2.81 bits per heavy atom. The third-order valence-corrected chi connectivity index (χ3v) is 6.19. The maximum absolute atomic E-state index is 12.9. The maximum atomic E-state index is 12.9. The van der Waals surface area contributed by atoms with E-state index in [1.165, 1.54) is 12.1 Å². The van der Waals surface area contributed by atoms with Gasteiger partial charge in [0.25, 0.3) is 5.91 Å². The van der Waals surface area contributed by atoms with E-state index in [0.717, 1.165) is 49.5 Å². The predicted molar refractivity (Wildman–Crippen MR) is 101 cm³/mol. The number of nitrogens with zero attached hydrogens (tertiary/aromatic N) is 2. The third-order valence-electron chi connectivity index (χ3n) is 6.19. The lowest BCUT2D eigenvalue weighted by molar-refractivity contribution is 0.0642. The van der Waals surface area contributed by atoms with Crippen molar-refractivity contribution in [2.24, 2.45) is 11.8 Å². The Hall–Kier alpha value is -2.34. The van der Waals surface area contributed by atoms with Crippen LogP contribution >= 0.6 is 0 Å². The summed E-state index contributed by atoms with van der Waals surface area (Å²) in [6.45, 7) is 2.30. The lowest BCUT2D eigenvalue weighted by atomic mass is 10.0. The van der Waals surface area contributed by atoms with Gasteiger partial charge in [-0.3, -0.25) is 4.79 Å². The van der Waals surface area contributed by atoms with Gasteiger partial charge in [-0.25, -0.2) is 4.68 Å². The molecule has 2 heterocycles. The summed E-state index contributed by atoms with van der Waals surface area (Å²) in [6.07, 6.45) is 4.24. The zero-order chi connectivity index (χ0) is 18.4. The number of hydrogen-bond acceptors (Lipinski definition) is 4. The second-order valence-corrected chi connectivity index (χ2v) is 7.89. The highest BCUT2D eigenvalue weighted by atomic mass is 16.5. The molecule has 1 saturated carbocycles. The lowest BCUT2D eigenvalue weighted by Crippen LogP contribution is -2.32. The topological polar surface area (TPSA) is 65.4 Å². The number of rotatable bonds is 5. The lowest BCUT2D eigenvalue weighted by Gasteiger charge is -2.22. The van der Waals surface area contributed by atoms with E-state index >= 15 is 0 Å². The molecule has 1 amide bonds. The molecule has 142 valence electrons. The van der Waals surface area contributed by atoms with Crippen molar-refractivity contribution in [1.29, 1.82) is 0 Å². The number of ether oxygens (including phenoxy) is 2. The van der Waals surface area contributed by atoms with Crippen LogP contribution in [0.15, 0.2) is 24.3 Å². The van der Waals surface area contributed by atoms with Crippen LogP contribution in [0.25, 0.3) is 5.69 Å². The number of amides is 1. The van der Waals surface area contributed by atoms with Gasteiger partial charge in [0.05, 0.1) is 18.5 Å². The first-order valence-electron chi connectivity index (χ1n) is 9.86. The van der Waals surface area contributed by atoms with E-state index in [2.05, 4.69) is 5.32 Å². The van der Waals surface area contributed by atoms with Gasteiger partial charge in [0, 0.05) is 31.2 Å². The zero-order valence-corrected chi connectivity index (χ0v) is 15.6. The second kappa shape index (κ2) is 6.68. The Kier molecular flexibility index (Phi) is 4.16. The number of methoxy groups -OCH3 is 1. The third kappa shape index (κ3) is 3.02. The maximum Gasteiger partial charge on any atom is 0.272 e. The normalized spacial score (nSPS) is 23.6. The van der Waals surface area contributed by atoms with Crippen LogP contribution in [0.1, 0.15) is 46.9 Å². The molecular formula is C21H25N3O3. The summed E-state index contributed by atoms with van der Waals surface area (Å²) in [5.74, 6) is 2.55. The van der Waals surface area contributed by atoms with Crippen molar-refractivity contribution >= 4 is 5.91 Å². The first kappa shape index (κ1) is 16.8. The van der Waals surface area contributed by atoms with E-state index < -0.39 is 0 Å². The number of nitrogens with one attached hydrogen (secondary N) is 1. The zero-order valence-electron chi connectivity index (χ0n) is 15.6. The molecule has 1 N–H and O–H groups in total. The van der Waals surface area contributed by atoms with Gasteiger partial charge in [-0.2, -0.15) is 5.10 Å². The molecule has 6 nitrogen and oxygen atoms in total. The van der Waals surface area contributed by atoms with Gasteiger partial charge in [-0.05, 0) is 61.8 Å². The molecule has 2 aromatic rings. The van der Waals surface area contributed by atoms with Crippen molar-refractivity contribution in [1.82, 2.24) is 15.1 Å². The van der Waals surface area contributed by atoms with Crippen molar-refractivity contribution in [3.05, 3.63) is 41.2 Å². The number of fused-ring (bicyclic) bond motifs is 3. The van der Waals surface area contributed by atoms with Gasteiger partial charge in [-0.1, -0.05) is 0 Å². The van der Waals surface area contributed by atoms with Gasteiger partial charge >= 0.3 is 0 Å². The summed E-state index contributed by atoms with van der Waals surface area (Å²) in [5, 5.41) is 7.86. The highest BCUT2D eigenvalue weighted by Gasteiger charge is 2.50. The highest BCUT2D eigenvalue weighted by molar-refractivity contribution is 5.94. The van der Waals surface area contributed by atoms with Crippen LogP contribution in [0.2, 0.25) is 0 Å². The molecule has 1 aliphatic heterocycles. The predicted octanol–water partition coefficient (Wildman–Crippen LogP) is 2.70. The molecule has 27 heavy (non-hydrogen) atoms. The second-order valence-electron chi connectivity index (χ2n) is 7.89. The summed E-state index contributed by atoms with van der Waals surface area (Å²) >= 11 is 0. The Morgan fingerprint density at radius 2 is 2.07 bits per heavy atom. The fourth-order valence-corrected chi connectivity index (χ4v) is 4.49. The van der Waals surface area contributed by atoms with Gasteiger partial charge in [0.1, 0.15) is 5.75 Å². The molecular weight excluding hydrogens is 342 g/mol. The van der Waals surface area contributed by atoms with E-state index in [-0.39, 0.29) is 5.91 Å². The SMILES string of the molecule is COc1ccc(-n2nc(C(=O)NCC3CCOCC3)c3c2[C@@H]2C[C@@H]2C3)cc1. The van der Waals surface area contributed by atoms with Gasteiger partial charge in [0.15, 0.2) is 5.69 Å². The van der Waals surface area contributed by atoms with Crippen molar-refractivity contribution in [3.8, 4) is 11.4 Å². The highest BCUT2D eigenvalue weighted by Crippen LogP contribution is 2.57. The fourth-order valence-electron chi connectivity index (χ4n) is 4.49. The molecule has 2 atom stereocenters. The summed E-state index contributed by atoms with van der Waals surface area (Å²) in [7, 11) is 1.66. The van der Waals surface area contributed by atoms with Crippen molar-refractivity contribution < 1.29 is 14.3 Å². The molecule has 1 aromatic carbocycles. The minimum Gasteiger partial charge on any atom is -0.497 e. The average Bonchev–Trinajstić information content (AvgIpc) is 3.22. The minimum absolute atomic E-state index is 0.0358. The fraction of sp³-hybridized carbons (Fsp3) is 0.524. The molecule has 2 fully saturated rings. The summed E-state index contributed by atoms with van der Waals surface area (Å²) < 4.78 is 12.6. The van der Waals surface area contributed by atoms with Crippen LogP contribution in [0, 0.1) is 11.8 Å². The van der Waals surface area contributed by atoms with Crippen LogP contribution in [0.5, 0.6) is 5.75 Å². The molecule has 0 spiro atoms. The smallest absolute Gasteiger partial charge is 0.272 e. The Bertz CT molecular complexity index is 852. The summed E-state index contributed by atoms with van der Waals surface area (Å²) in [5.41, 5.74) is 3.99. The quantitative estimate of drug-likeness (QED) is 0.882. The Morgan fingerprint density at radius 1 is 1.30 bits per heavy atom. The Balaban J connectivity index is 1.40. The largest absolute Gasteiger partial charge is 0.497 e. The number of carbonyl (C=O) groups is 1. The van der Waals surface area contributed by atoms with Gasteiger partial charge < -0.3 is 14.8 Å². The summed E-state index contributed by atoms with van der Waals surface area (Å²) in [4.78, 5) is 12.9. The summed E-state index contributed by atoms with van der Waals surface area (Å²) in [6, 6.07) is 7.89. The monoisotopic (exact) mass is 367 g/mol. The molecule has 0 bridgehead atoms. The van der Waals surface area contributed by atoms with Crippen molar-refractivity contribution in [2.75, 3.05) is 26.9 Å². The van der Waals surface area contributed by atoms with Crippen LogP contribution < -0.4 is 10.1 Å². The molecule has 0 unspecified atom stereocenters. The molecule has 1 saturated heterocycles. The number of aromatic nitrogens is 2. The van der Waals surface area contributed by atoms with Crippen LogP contribution in [0.4, 0.5) is 0 Å². The minimum atomic E-state index is -0.0358. The van der Waals surface area contributed by atoms with Crippen molar-refractivity contribution in [3.63, 3.8) is 0 Å². The molecule has 6 heteroatoms. The first-order chi connectivity index (χ1) is 13.2. The molecule has 2 aliphatic carbocycles. The van der Waals surface area contributed by atoms with Gasteiger partial charge in [0.2, 0.25) is 0 Å². The Labute approximate surface area is 158 Å². The van der Waals surface area contributed by atoms with Crippen molar-refractivity contribution in [2.45, 2.75) is 31.6 Å². The van der Waals surface area contributed by atoms with Gasteiger partial charge in [-0.15, -0.1) is 0 Å². The molecule has 0 radical (unpaired) electrons. The molecule has 5 rings (SSSR count). The molecule has 3 aliphatic rings. The average molecular weight is 367 g/mol. The standard InChI is InChI=1S/C21H25N3O3/c1-26-16-4-2-15(3-5-16)24-20-17-10-14(17)11-18(20)19(23-24)21(25)22-12-13-6-8-27-9-7-13/h2-5,13-14,17H,6-12H2,1H3,(H,22,25)/t14-,17-/m1/s1.